The highest BCUT2D eigenvalue weighted by molar-refractivity contribution is 5.78. The van der Waals surface area contributed by atoms with E-state index in [0.29, 0.717) is 38.7 Å². The summed E-state index contributed by atoms with van der Waals surface area (Å²) in [5.74, 6) is 0.0548. The largest absolute Gasteiger partial charge is 0.383 e. The Morgan fingerprint density at radius 1 is 1.56 bits per heavy atom. The zero-order valence-electron chi connectivity index (χ0n) is 9.74. The summed E-state index contributed by atoms with van der Waals surface area (Å²) < 4.78 is 4.94. The van der Waals surface area contributed by atoms with Crippen LogP contribution in [0.1, 0.15) is 19.3 Å². The molecule has 0 heterocycles. The molecule has 1 aliphatic carbocycles. The van der Waals surface area contributed by atoms with E-state index in [1.165, 1.54) is 12.8 Å². The zero-order chi connectivity index (χ0) is 11.8. The first-order valence-electron chi connectivity index (χ1n) is 5.65. The van der Waals surface area contributed by atoms with Crippen LogP contribution in [0.4, 0.5) is 0 Å². The lowest BCUT2D eigenvalue weighted by molar-refractivity contribution is -0.130. The maximum atomic E-state index is 11.8. The molecule has 90 valence electrons. The minimum atomic E-state index is 0.0548. The molecule has 1 N–H and O–H groups in total. The molecule has 0 bridgehead atoms. The first-order chi connectivity index (χ1) is 7.77. The Balaban J connectivity index is 2.26. The molecule has 0 aliphatic heterocycles. The van der Waals surface area contributed by atoms with Crippen LogP contribution in [0.2, 0.25) is 0 Å². The topological polar surface area (TPSA) is 65.4 Å². The van der Waals surface area contributed by atoms with Crippen LogP contribution >= 0.6 is 0 Å². The fourth-order valence-electron chi connectivity index (χ4n) is 1.38. The van der Waals surface area contributed by atoms with Gasteiger partial charge in [0.15, 0.2) is 0 Å². The van der Waals surface area contributed by atoms with Gasteiger partial charge in [-0.1, -0.05) is 0 Å². The number of nitriles is 1. The number of ether oxygens (including phenoxy) is 1. The normalized spacial score (nSPS) is 14.5. The molecule has 0 aromatic carbocycles. The molecule has 1 amide bonds. The van der Waals surface area contributed by atoms with Crippen LogP contribution in [0.5, 0.6) is 0 Å². The highest BCUT2D eigenvalue weighted by atomic mass is 16.5. The first kappa shape index (κ1) is 12.9. The van der Waals surface area contributed by atoms with E-state index in [4.69, 9.17) is 10.00 Å². The molecule has 16 heavy (non-hydrogen) atoms. The second kappa shape index (κ2) is 7.20. The van der Waals surface area contributed by atoms with Gasteiger partial charge in [-0.25, -0.2) is 0 Å². The third kappa shape index (κ3) is 5.10. The van der Waals surface area contributed by atoms with Crippen LogP contribution in [-0.2, 0) is 9.53 Å². The number of rotatable bonds is 8. The molecule has 0 aromatic rings. The lowest BCUT2D eigenvalue weighted by Crippen LogP contribution is -2.41. The zero-order valence-corrected chi connectivity index (χ0v) is 9.74. The van der Waals surface area contributed by atoms with E-state index >= 15 is 0 Å². The molecule has 0 spiro atoms. The van der Waals surface area contributed by atoms with Crippen molar-refractivity contribution in [2.24, 2.45) is 0 Å². The maximum Gasteiger partial charge on any atom is 0.236 e. The molecule has 1 aliphatic rings. The van der Waals surface area contributed by atoms with E-state index in [9.17, 15) is 4.79 Å². The summed E-state index contributed by atoms with van der Waals surface area (Å²) in [6.07, 6.45) is 2.71. The Bertz CT molecular complexity index is 258. The number of nitrogens with one attached hydrogen (secondary N) is 1. The molecule has 0 unspecified atom stereocenters. The van der Waals surface area contributed by atoms with Gasteiger partial charge in [-0.05, 0) is 12.8 Å². The molecular weight excluding hydrogens is 206 g/mol. The van der Waals surface area contributed by atoms with Crippen molar-refractivity contribution >= 4 is 5.91 Å². The number of hydrogen-bond donors (Lipinski definition) is 1. The summed E-state index contributed by atoms with van der Waals surface area (Å²) in [4.78, 5) is 13.5. The Kier molecular flexibility index (Phi) is 5.83. The van der Waals surface area contributed by atoms with Crippen LogP contribution in [0.15, 0.2) is 0 Å². The standard InChI is InChI=1S/C11H19N3O2/c1-16-8-7-14(6-2-5-12)11(15)9-13-10-3-4-10/h10,13H,2-4,6-9H2,1H3. The van der Waals surface area contributed by atoms with Gasteiger partial charge in [-0.15, -0.1) is 0 Å². The molecule has 0 aromatic heterocycles. The summed E-state index contributed by atoms with van der Waals surface area (Å²) >= 11 is 0. The van der Waals surface area contributed by atoms with E-state index in [1.54, 1.807) is 12.0 Å². The van der Waals surface area contributed by atoms with Crippen molar-refractivity contribution in [3.63, 3.8) is 0 Å². The number of hydrogen-bond acceptors (Lipinski definition) is 4. The van der Waals surface area contributed by atoms with Gasteiger partial charge in [0.2, 0.25) is 5.91 Å². The van der Waals surface area contributed by atoms with Gasteiger partial charge in [-0.2, -0.15) is 5.26 Å². The molecule has 5 heteroatoms. The molecule has 0 atom stereocenters. The predicted molar refractivity (Wildman–Crippen MR) is 59.7 cm³/mol. The Morgan fingerprint density at radius 3 is 2.88 bits per heavy atom. The summed E-state index contributed by atoms with van der Waals surface area (Å²) in [5, 5.41) is 11.7. The van der Waals surface area contributed by atoms with Crippen molar-refractivity contribution in [2.75, 3.05) is 33.4 Å². The van der Waals surface area contributed by atoms with Crippen molar-refractivity contribution in [2.45, 2.75) is 25.3 Å². The van der Waals surface area contributed by atoms with Crippen molar-refractivity contribution < 1.29 is 9.53 Å². The van der Waals surface area contributed by atoms with Gasteiger partial charge in [0, 0.05) is 26.2 Å². The summed E-state index contributed by atoms with van der Waals surface area (Å²) in [6, 6.07) is 2.58. The van der Waals surface area contributed by atoms with Crippen LogP contribution < -0.4 is 5.32 Å². The Morgan fingerprint density at radius 2 is 2.31 bits per heavy atom. The van der Waals surface area contributed by atoms with E-state index in [1.807, 2.05) is 0 Å². The molecular formula is C11H19N3O2. The lowest BCUT2D eigenvalue weighted by atomic mass is 10.3. The van der Waals surface area contributed by atoms with Gasteiger partial charge in [0.25, 0.3) is 0 Å². The van der Waals surface area contributed by atoms with Crippen molar-refractivity contribution in [3.8, 4) is 6.07 Å². The Hall–Kier alpha value is -1.12. The van der Waals surface area contributed by atoms with E-state index in [0.717, 1.165) is 0 Å². The van der Waals surface area contributed by atoms with Gasteiger partial charge < -0.3 is 15.0 Å². The van der Waals surface area contributed by atoms with Crippen molar-refractivity contribution in [3.05, 3.63) is 0 Å². The van der Waals surface area contributed by atoms with Crippen LogP contribution in [0, 0.1) is 11.3 Å². The van der Waals surface area contributed by atoms with Crippen molar-refractivity contribution in [1.29, 1.82) is 5.26 Å². The average molecular weight is 225 g/mol. The lowest BCUT2D eigenvalue weighted by Gasteiger charge is -2.21. The van der Waals surface area contributed by atoms with Gasteiger partial charge in [0.1, 0.15) is 0 Å². The van der Waals surface area contributed by atoms with Gasteiger partial charge in [0.05, 0.1) is 25.6 Å². The summed E-state index contributed by atoms with van der Waals surface area (Å²) in [5.41, 5.74) is 0. The molecule has 1 rings (SSSR count). The Labute approximate surface area is 96.4 Å². The van der Waals surface area contributed by atoms with Crippen LogP contribution in [0.25, 0.3) is 0 Å². The van der Waals surface area contributed by atoms with Gasteiger partial charge >= 0.3 is 0 Å². The highest BCUT2D eigenvalue weighted by Gasteiger charge is 2.22. The van der Waals surface area contributed by atoms with Gasteiger partial charge in [-0.3, -0.25) is 4.79 Å². The second-order valence-electron chi connectivity index (χ2n) is 3.94. The third-order valence-corrected chi connectivity index (χ3v) is 2.53. The number of methoxy groups -OCH3 is 1. The third-order valence-electron chi connectivity index (χ3n) is 2.53. The molecule has 0 radical (unpaired) electrons. The molecule has 1 saturated carbocycles. The average Bonchev–Trinajstić information content (AvgIpc) is 3.10. The smallest absolute Gasteiger partial charge is 0.236 e. The fourth-order valence-corrected chi connectivity index (χ4v) is 1.38. The summed E-state index contributed by atoms with van der Waals surface area (Å²) in [7, 11) is 1.61. The fraction of sp³-hybridized carbons (Fsp3) is 0.818. The molecule has 1 fully saturated rings. The maximum absolute atomic E-state index is 11.8. The molecule has 5 nitrogen and oxygen atoms in total. The van der Waals surface area contributed by atoms with E-state index < -0.39 is 0 Å². The minimum absolute atomic E-state index is 0.0548. The monoisotopic (exact) mass is 225 g/mol. The van der Waals surface area contributed by atoms with Crippen LogP contribution in [-0.4, -0.2) is 50.2 Å². The van der Waals surface area contributed by atoms with Crippen molar-refractivity contribution in [1.82, 2.24) is 10.2 Å². The van der Waals surface area contributed by atoms with E-state index in [2.05, 4.69) is 11.4 Å². The number of carbonyl (C=O) groups excluding carboxylic acids is 1. The number of nitrogens with zero attached hydrogens (tertiary/aromatic N) is 2. The SMILES string of the molecule is COCCN(CCC#N)C(=O)CNC1CC1. The number of amides is 1. The highest BCUT2D eigenvalue weighted by Crippen LogP contribution is 2.18. The summed E-state index contributed by atoms with van der Waals surface area (Å²) in [6.45, 7) is 1.94. The van der Waals surface area contributed by atoms with E-state index in [-0.39, 0.29) is 5.91 Å². The molecule has 0 saturated heterocycles. The second-order valence-corrected chi connectivity index (χ2v) is 3.94. The number of carbonyl (C=O) groups is 1. The quantitative estimate of drug-likeness (QED) is 0.637. The minimum Gasteiger partial charge on any atom is -0.383 e. The predicted octanol–water partition coefficient (Wildman–Crippen LogP) is 0.127. The first-order valence-corrected chi connectivity index (χ1v) is 5.65. The van der Waals surface area contributed by atoms with Crippen LogP contribution in [0.3, 0.4) is 0 Å².